The quantitative estimate of drug-likeness (QED) is 0.726. The van der Waals surface area contributed by atoms with Gasteiger partial charge in [-0.1, -0.05) is 50.4 Å². The van der Waals surface area contributed by atoms with Crippen molar-refractivity contribution in [3.63, 3.8) is 0 Å². The van der Waals surface area contributed by atoms with E-state index in [2.05, 4.69) is 16.9 Å². The van der Waals surface area contributed by atoms with Gasteiger partial charge in [-0.2, -0.15) is 13.2 Å². The number of nitrogens with one attached hydrogen (secondary N) is 1. The second kappa shape index (κ2) is 7.59. The second-order valence-corrected chi connectivity index (χ2v) is 7.49. The topological polar surface area (TPSA) is 41.5 Å². The Hall–Kier alpha value is -1.50. The Morgan fingerprint density at radius 1 is 1.38 bits per heavy atom. The lowest BCUT2D eigenvalue weighted by Gasteiger charge is -2.23. The minimum Gasteiger partial charge on any atom is -0.304 e. The van der Waals surface area contributed by atoms with Crippen LogP contribution in [0, 0.1) is 5.92 Å². The van der Waals surface area contributed by atoms with E-state index in [1.807, 2.05) is 13.8 Å². The summed E-state index contributed by atoms with van der Waals surface area (Å²) >= 11 is 1.25. The van der Waals surface area contributed by atoms with E-state index >= 15 is 0 Å². The van der Waals surface area contributed by atoms with E-state index in [1.165, 1.54) is 23.9 Å². The van der Waals surface area contributed by atoms with Gasteiger partial charge in [0.25, 0.3) is 0 Å². The summed E-state index contributed by atoms with van der Waals surface area (Å²) in [6, 6.07) is -0.785. The van der Waals surface area contributed by atoms with E-state index < -0.39 is 22.5 Å². The molecule has 0 saturated carbocycles. The molecule has 0 aromatic rings. The highest BCUT2D eigenvalue weighted by Gasteiger charge is 2.45. The zero-order chi connectivity index (χ0) is 18.7. The number of hydrogen-bond donors (Lipinski definition) is 1. The number of thioether (sulfide) groups is 1. The van der Waals surface area contributed by atoms with Crippen LogP contribution in [0.3, 0.4) is 0 Å². The van der Waals surface area contributed by atoms with Crippen LogP contribution in [0.5, 0.6) is 0 Å². The van der Waals surface area contributed by atoms with E-state index in [0.717, 1.165) is 0 Å². The lowest BCUT2D eigenvalue weighted by atomic mass is 9.96. The van der Waals surface area contributed by atoms with Crippen molar-refractivity contribution in [3.8, 4) is 0 Å². The van der Waals surface area contributed by atoms with E-state index in [0.29, 0.717) is 5.17 Å². The number of allylic oxidation sites excluding steroid dienone is 3. The molecule has 0 aromatic heterocycles. The molecule has 1 fully saturated rings. The first-order valence-electron chi connectivity index (χ1n) is 7.61. The molecule has 1 aliphatic heterocycles. The fourth-order valence-corrected chi connectivity index (χ4v) is 3.17. The van der Waals surface area contributed by atoms with E-state index in [9.17, 15) is 18.0 Å². The summed E-state index contributed by atoms with van der Waals surface area (Å²) in [5.41, 5.74) is -0.959. The molecule has 1 saturated heterocycles. The monoisotopic (exact) mass is 360 g/mol. The Morgan fingerprint density at radius 2 is 1.96 bits per heavy atom. The summed E-state index contributed by atoms with van der Waals surface area (Å²) in [6.45, 7) is 12.1. The van der Waals surface area contributed by atoms with Crippen LogP contribution in [0.2, 0.25) is 0 Å². The number of amides is 1. The number of hydrogen-bond acceptors (Lipinski definition) is 3. The first-order chi connectivity index (χ1) is 10.9. The van der Waals surface area contributed by atoms with Crippen molar-refractivity contribution in [2.45, 2.75) is 51.6 Å². The Morgan fingerprint density at radius 3 is 2.38 bits per heavy atom. The predicted octanol–water partition coefficient (Wildman–Crippen LogP) is 4.63. The molecule has 2 atom stereocenters. The van der Waals surface area contributed by atoms with Gasteiger partial charge in [0, 0.05) is 0 Å². The summed E-state index contributed by atoms with van der Waals surface area (Å²) < 4.78 is 38.3. The molecule has 0 unspecified atom stereocenters. The molecule has 3 nitrogen and oxygen atoms in total. The van der Waals surface area contributed by atoms with Crippen molar-refractivity contribution in [1.29, 1.82) is 0 Å². The van der Waals surface area contributed by atoms with Crippen molar-refractivity contribution in [2.24, 2.45) is 10.9 Å². The zero-order valence-electron chi connectivity index (χ0n) is 14.5. The number of aliphatic imine (C=N–C) groups is 1. The first kappa shape index (κ1) is 20.5. The molecule has 0 aromatic carbocycles. The van der Waals surface area contributed by atoms with Gasteiger partial charge in [0.05, 0.1) is 11.6 Å². The lowest BCUT2D eigenvalue weighted by molar-refractivity contribution is -0.122. The van der Waals surface area contributed by atoms with E-state index in [4.69, 9.17) is 0 Å². The molecule has 134 valence electrons. The number of rotatable bonds is 5. The Balaban J connectivity index is 3.12. The molecule has 0 radical (unpaired) electrons. The van der Waals surface area contributed by atoms with Crippen molar-refractivity contribution in [2.75, 3.05) is 0 Å². The SMILES string of the molecule is C=C(/C(=C\C=C/C)[C@H](C)N=C1NC(=O)[C@](C)(C(C)C)S1)C(F)(F)F. The second-order valence-electron chi connectivity index (χ2n) is 6.05. The zero-order valence-corrected chi connectivity index (χ0v) is 15.3. The van der Waals surface area contributed by atoms with Crippen molar-refractivity contribution in [1.82, 2.24) is 5.32 Å². The maximum atomic E-state index is 13.0. The number of alkyl halides is 3. The lowest BCUT2D eigenvalue weighted by Crippen LogP contribution is -2.38. The van der Waals surface area contributed by atoms with Crippen LogP contribution < -0.4 is 5.32 Å². The van der Waals surface area contributed by atoms with Crippen molar-refractivity contribution in [3.05, 3.63) is 36.0 Å². The van der Waals surface area contributed by atoms with Crippen LogP contribution in [0.15, 0.2) is 40.9 Å². The molecule has 24 heavy (non-hydrogen) atoms. The average molecular weight is 360 g/mol. The fraction of sp³-hybridized carbons (Fsp3) is 0.529. The van der Waals surface area contributed by atoms with Crippen LogP contribution in [0.1, 0.15) is 34.6 Å². The Labute approximate surface area is 145 Å². The molecule has 1 heterocycles. The molecule has 0 aliphatic carbocycles. The highest BCUT2D eigenvalue weighted by atomic mass is 32.2. The summed E-state index contributed by atoms with van der Waals surface area (Å²) in [4.78, 5) is 16.4. The molecular weight excluding hydrogens is 337 g/mol. The van der Waals surface area contributed by atoms with Gasteiger partial charge >= 0.3 is 6.18 Å². The molecular formula is C17H23F3N2OS. The van der Waals surface area contributed by atoms with Gasteiger partial charge in [-0.15, -0.1) is 0 Å². The van der Waals surface area contributed by atoms with Gasteiger partial charge in [-0.3, -0.25) is 9.79 Å². The van der Waals surface area contributed by atoms with Crippen LogP contribution >= 0.6 is 11.8 Å². The number of amidine groups is 1. The van der Waals surface area contributed by atoms with Gasteiger partial charge < -0.3 is 5.32 Å². The van der Waals surface area contributed by atoms with Gasteiger partial charge in [0.15, 0.2) is 5.17 Å². The van der Waals surface area contributed by atoms with Gasteiger partial charge in [-0.25, -0.2) is 0 Å². The molecule has 1 aliphatic rings. The highest BCUT2D eigenvalue weighted by Crippen LogP contribution is 2.39. The predicted molar refractivity (Wildman–Crippen MR) is 94.0 cm³/mol. The standard InChI is InChI=1S/C17H23F3N2OS/c1-7-8-9-13(11(4)17(18,19)20)12(5)21-15-22-14(23)16(6,24-15)10(2)3/h7-10,12H,4H2,1-3,5-6H3,(H,21,22,23)/b8-7-,13-9+/t12-,16-/m0/s1. The summed E-state index contributed by atoms with van der Waals surface area (Å²) in [5, 5.41) is 3.00. The third-order valence-corrected chi connectivity index (χ3v) is 5.48. The van der Waals surface area contributed by atoms with Gasteiger partial charge in [0.2, 0.25) is 5.91 Å². The maximum Gasteiger partial charge on any atom is 0.416 e. The average Bonchev–Trinajstić information content (AvgIpc) is 2.73. The van der Waals surface area contributed by atoms with Crippen LogP contribution in [0.25, 0.3) is 0 Å². The van der Waals surface area contributed by atoms with Crippen molar-refractivity contribution < 1.29 is 18.0 Å². The first-order valence-corrected chi connectivity index (χ1v) is 8.42. The van der Waals surface area contributed by atoms with E-state index in [1.54, 1.807) is 26.8 Å². The summed E-state index contributed by atoms with van der Waals surface area (Å²) in [7, 11) is 0. The highest BCUT2D eigenvalue weighted by molar-refractivity contribution is 8.16. The number of halogens is 3. The summed E-state index contributed by atoms with van der Waals surface area (Å²) in [6.07, 6.45) is -0.0268. The Bertz CT molecular complexity index is 605. The van der Waals surface area contributed by atoms with Crippen LogP contribution in [-0.2, 0) is 4.79 Å². The van der Waals surface area contributed by atoms with Gasteiger partial charge in [-0.05, 0) is 32.3 Å². The molecule has 7 heteroatoms. The van der Waals surface area contributed by atoms with Crippen LogP contribution in [-0.4, -0.2) is 28.0 Å². The smallest absolute Gasteiger partial charge is 0.304 e. The summed E-state index contributed by atoms with van der Waals surface area (Å²) in [5.74, 6) is -0.115. The molecule has 1 rings (SSSR count). The number of carbonyl (C=O) groups excluding carboxylic acids is 1. The van der Waals surface area contributed by atoms with E-state index in [-0.39, 0.29) is 17.4 Å². The molecule has 0 bridgehead atoms. The maximum absolute atomic E-state index is 13.0. The van der Waals surface area contributed by atoms with Crippen LogP contribution in [0.4, 0.5) is 13.2 Å². The third kappa shape index (κ3) is 4.53. The van der Waals surface area contributed by atoms with Gasteiger partial charge in [0.1, 0.15) is 4.75 Å². The Kier molecular flexibility index (Phi) is 6.50. The number of nitrogens with zero attached hydrogens (tertiary/aromatic N) is 1. The van der Waals surface area contributed by atoms with Crippen molar-refractivity contribution >= 4 is 22.8 Å². The fourth-order valence-electron chi connectivity index (χ4n) is 2.03. The minimum absolute atomic E-state index is 0.0268. The molecule has 0 spiro atoms. The third-order valence-electron chi connectivity index (χ3n) is 4.00. The number of carbonyl (C=O) groups is 1. The normalized spacial score (nSPS) is 25.6. The molecule has 1 N–H and O–H groups in total. The largest absolute Gasteiger partial charge is 0.416 e. The molecule has 1 amide bonds. The minimum atomic E-state index is -4.53.